The van der Waals surface area contributed by atoms with Gasteiger partial charge in [0.2, 0.25) is 0 Å². The van der Waals surface area contributed by atoms with Crippen molar-refractivity contribution in [2.45, 2.75) is 19.0 Å². The lowest BCUT2D eigenvalue weighted by Gasteiger charge is -2.09. The van der Waals surface area contributed by atoms with Crippen LogP contribution in [0.1, 0.15) is 6.92 Å². The Bertz CT molecular complexity index is 319. The van der Waals surface area contributed by atoms with Crippen LogP contribution in [-0.2, 0) is 14.3 Å². The number of rotatable bonds is 9. The van der Waals surface area contributed by atoms with Crippen LogP contribution in [0.25, 0.3) is 0 Å². The van der Waals surface area contributed by atoms with Gasteiger partial charge in [-0.3, -0.25) is 10.9 Å². The zero-order valence-electron chi connectivity index (χ0n) is 10.6. The molecule has 0 aliphatic rings. The standard InChI is InChI=1S/C5H10N2O3S.C3H6N2O3S/c1-2-10-5(8)4(3-11)6-7-9;6-3(7)2(1-9)4-5-8/h4,11H,2-3H2,1H3,(H,6,9);2,9H,1H2,(H,4,8)(H,6,7)/t;2-/m.1/s1. The molecule has 0 aromatic carbocycles. The van der Waals surface area contributed by atoms with Crippen LogP contribution >= 0.6 is 25.3 Å². The number of carbonyl (C=O) groups is 2. The molecule has 0 fully saturated rings. The normalized spacial score (nSPS) is 11.9. The van der Waals surface area contributed by atoms with Crippen molar-refractivity contribution in [2.24, 2.45) is 10.6 Å². The zero-order chi connectivity index (χ0) is 16.0. The second-order valence-electron chi connectivity index (χ2n) is 3.00. The fraction of sp³-hybridized carbons (Fsp3) is 0.750. The van der Waals surface area contributed by atoms with Gasteiger partial charge in [0, 0.05) is 11.5 Å². The molecule has 116 valence electrons. The van der Waals surface area contributed by atoms with Crippen LogP contribution in [-0.4, -0.2) is 47.2 Å². The van der Waals surface area contributed by atoms with Gasteiger partial charge in [-0.15, -0.1) is 9.81 Å². The van der Waals surface area contributed by atoms with Crippen molar-refractivity contribution in [3.05, 3.63) is 9.81 Å². The van der Waals surface area contributed by atoms with Gasteiger partial charge >= 0.3 is 11.9 Å². The van der Waals surface area contributed by atoms with Crippen molar-refractivity contribution in [1.29, 1.82) is 0 Å². The van der Waals surface area contributed by atoms with E-state index < -0.39 is 24.0 Å². The molecule has 0 aromatic rings. The van der Waals surface area contributed by atoms with E-state index in [1.54, 1.807) is 6.92 Å². The first-order valence-corrected chi connectivity index (χ1v) is 6.51. The van der Waals surface area contributed by atoms with Crippen molar-refractivity contribution >= 4 is 37.2 Å². The fourth-order valence-corrected chi connectivity index (χ4v) is 1.18. The van der Waals surface area contributed by atoms with Crippen molar-refractivity contribution in [3.63, 3.8) is 0 Å². The van der Waals surface area contributed by atoms with Crippen molar-refractivity contribution < 1.29 is 19.4 Å². The van der Waals surface area contributed by atoms with E-state index in [0.717, 1.165) is 0 Å². The second-order valence-corrected chi connectivity index (χ2v) is 3.73. The Morgan fingerprint density at radius 3 is 1.85 bits per heavy atom. The highest BCUT2D eigenvalue weighted by atomic mass is 32.1. The van der Waals surface area contributed by atoms with E-state index >= 15 is 0 Å². The summed E-state index contributed by atoms with van der Waals surface area (Å²) in [4.78, 5) is 39.9. The third-order valence-corrected chi connectivity index (χ3v) is 2.38. The van der Waals surface area contributed by atoms with Crippen LogP contribution in [0.3, 0.4) is 0 Å². The third-order valence-electron chi connectivity index (χ3n) is 1.65. The molecule has 0 saturated heterocycles. The lowest BCUT2D eigenvalue weighted by atomic mass is 10.4. The van der Waals surface area contributed by atoms with Gasteiger partial charge in [-0.2, -0.15) is 25.3 Å². The first-order valence-electron chi connectivity index (χ1n) is 5.25. The highest BCUT2D eigenvalue weighted by Gasteiger charge is 2.17. The van der Waals surface area contributed by atoms with E-state index in [1.165, 1.54) is 0 Å². The highest BCUT2D eigenvalue weighted by molar-refractivity contribution is 7.80. The number of hydrogen-bond acceptors (Lipinski definition) is 9. The number of hydrogen-bond donors (Lipinski definition) is 5. The quantitative estimate of drug-likeness (QED) is 0.169. The van der Waals surface area contributed by atoms with Crippen molar-refractivity contribution in [1.82, 2.24) is 10.9 Å². The molecule has 20 heavy (non-hydrogen) atoms. The predicted molar refractivity (Wildman–Crippen MR) is 77.4 cm³/mol. The number of thiol groups is 2. The molecule has 2 atom stereocenters. The number of nitrogens with zero attached hydrogens (tertiary/aromatic N) is 2. The largest absolute Gasteiger partial charge is 0.480 e. The van der Waals surface area contributed by atoms with Gasteiger partial charge < -0.3 is 9.84 Å². The zero-order valence-corrected chi connectivity index (χ0v) is 12.3. The first-order chi connectivity index (χ1) is 9.48. The van der Waals surface area contributed by atoms with Crippen LogP contribution in [0.4, 0.5) is 0 Å². The number of ether oxygens (including phenoxy) is 1. The summed E-state index contributed by atoms with van der Waals surface area (Å²) in [6.45, 7) is 1.96. The van der Waals surface area contributed by atoms with Crippen LogP contribution in [0.5, 0.6) is 0 Å². The number of aliphatic carboxylic acids is 1. The fourth-order valence-electron chi connectivity index (χ4n) is 0.712. The molecule has 0 rings (SSSR count). The minimum atomic E-state index is -1.13. The lowest BCUT2D eigenvalue weighted by molar-refractivity contribution is -0.145. The Hall–Kier alpha value is -1.56. The Morgan fingerprint density at radius 2 is 1.60 bits per heavy atom. The van der Waals surface area contributed by atoms with E-state index in [2.05, 4.69) is 40.6 Å². The smallest absolute Gasteiger partial charge is 0.331 e. The Balaban J connectivity index is 0. The summed E-state index contributed by atoms with van der Waals surface area (Å²) in [7, 11) is 0. The van der Waals surface area contributed by atoms with E-state index in [-0.39, 0.29) is 18.1 Å². The summed E-state index contributed by atoms with van der Waals surface area (Å²) in [6.07, 6.45) is 0. The summed E-state index contributed by atoms with van der Waals surface area (Å²) in [5, 5.41) is 12.8. The molecule has 0 aliphatic carbocycles. The molecule has 0 saturated carbocycles. The predicted octanol–water partition coefficient (Wildman–Crippen LogP) is -0.241. The highest BCUT2D eigenvalue weighted by Crippen LogP contribution is 1.92. The van der Waals surface area contributed by atoms with Gasteiger partial charge in [0.05, 0.1) is 17.2 Å². The third kappa shape index (κ3) is 10.4. The van der Waals surface area contributed by atoms with Gasteiger partial charge in [0.1, 0.15) is 0 Å². The number of nitrogens with one attached hydrogen (secondary N) is 2. The molecule has 0 aromatic heterocycles. The van der Waals surface area contributed by atoms with Gasteiger partial charge in [0.15, 0.2) is 12.1 Å². The maximum atomic E-state index is 10.8. The molecule has 0 radical (unpaired) electrons. The molecule has 0 spiro atoms. The van der Waals surface area contributed by atoms with Crippen LogP contribution in [0.2, 0.25) is 0 Å². The maximum absolute atomic E-state index is 10.8. The average molecular weight is 328 g/mol. The Labute approximate surface area is 125 Å². The van der Waals surface area contributed by atoms with Gasteiger partial charge in [0.25, 0.3) is 0 Å². The SMILES string of the molecule is CCOC(=O)C(CS)NN=O.O=NN[C@H](CS)C(=O)O. The molecule has 12 heteroatoms. The number of nitroso groups, excluding NO2 is 2. The summed E-state index contributed by atoms with van der Waals surface area (Å²) >= 11 is 7.47. The average Bonchev–Trinajstić information content (AvgIpc) is 2.42. The minimum absolute atomic E-state index is 0.0427. The Morgan fingerprint density at radius 1 is 1.15 bits per heavy atom. The molecule has 1 unspecified atom stereocenters. The van der Waals surface area contributed by atoms with Crippen molar-refractivity contribution in [3.8, 4) is 0 Å². The van der Waals surface area contributed by atoms with Crippen molar-refractivity contribution in [2.75, 3.05) is 18.1 Å². The molecule has 0 aliphatic heterocycles. The molecule has 0 heterocycles. The van der Waals surface area contributed by atoms with E-state index in [4.69, 9.17) is 5.11 Å². The molecule has 3 N–H and O–H groups in total. The molecule has 0 bridgehead atoms. The summed E-state index contributed by atoms with van der Waals surface area (Å²) in [5.74, 6) is -1.42. The first kappa shape index (κ1) is 20.8. The number of carboxylic acid groups (broad SMARTS) is 1. The second kappa shape index (κ2) is 13.9. The van der Waals surface area contributed by atoms with Gasteiger partial charge in [-0.25, -0.2) is 9.59 Å². The van der Waals surface area contributed by atoms with Gasteiger partial charge in [-0.05, 0) is 6.92 Å². The maximum Gasteiger partial charge on any atom is 0.331 e. The summed E-state index contributed by atoms with van der Waals surface area (Å²) < 4.78 is 4.60. The summed E-state index contributed by atoms with van der Waals surface area (Å²) in [6, 6.07) is -1.72. The Kier molecular flexibility index (Phi) is 14.4. The van der Waals surface area contributed by atoms with Crippen LogP contribution < -0.4 is 10.9 Å². The molecule has 0 amide bonds. The van der Waals surface area contributed by atoms with Crippen LogP contribution in [0.15, 0.2) is 10.6 Å². The molecule has 10 nitrogen and oxygen atoms in total. The number of esters is 1. The topological polar surface area (TPSA) is 147 Å². The van der Waals surface area contributed by atoms with E-state index in [0.29, 0.717) is 0 Å². The monoisotopic (exact) mass is 328 g/mol. The van der Waals surface area contributed by atoms with E-state index in [9.17, 15) is 19.4 Å². The molecular weight excluding hydrogens is 312 g/mol. The van der Waals surface area contributed by atoms with E-state index in [1.807, 2.05) is 10.9 Å². The number of carbonyl (C=O) groups excluding carboxylic acids is 1. The lowest BCUT2D eigenvalue weighted by Crippen LogP contribution is -2.36. The number of carboxylic acids is 1. The minimum Gasteiger partial charge on any atom is -0.480 e. The van der Waals surface area contributed by atoms with Crippen LogP contribution in [0, 0.1) is 9.81 Å². The summed E-state index contributed by atoms with van der Waals surface area (Å²) in [5.41, 5.74) is 3.86. The molecular formula is C8H16N4O6S2. The van der Waals surface area contributed by atoms with Gasteiger partial charge in [-0.1, -0.05) is 0 Å².